The number of nitrogens with zero attached hydrogens (tertiary/aromatic N) is 1. The van der Waals surface area contributed by atoms with Gasteiger partial charge in [-0.2, -0.15) is 0 Å². The molecular weight excluding hydrogens is 408 g/mol. The number of hydrogen-bond acceptors (Lipinski definition) is 4. The van der Waals surface area contributed by atoms with E-state index in [9.17, 15) is 9.59 Å². The second-order valence-corrected chi connectivity index (χ2v) is 8.92. The lowest BCUT2D eigenvalue weighted by Crippen LogP contribution is -2.50. The molecule has 0 aliphatic heterocycles. The Hall–Kier alpha value is -2.47. The number of nitrogens with one attached hydrogen (secondary N) is 1. The minimum atomic E-state index is -0.503. The number of methoxy groups -OCH3 is 1. The van der Waals surface area contributed by atoms with Crippen molar-refractivity contribution in [2.45, 2.75) is 58.5 Å². The van der Waals surface area contributed by atoms with Crippen LogP contribution in [0.2, 0.25) is 0 Å². The summed E-state index contributed by atoms with van der Waals surface area (Å²) >= 11 is 1.58. The molecule has 2 aromatic carbocycles. The predicted octanol–water partition coefficient (Wildman–Crippen LogP) is 4.57. The first kappa shape index (κ1) is 24.8. The van der Waals surface area contributed by atoms with E-state index in [1.807, 2.05) is 45.0 Å². The van der Waals surface area contributed by atoms with Gasteiger partial charge in [-0.15, -0.1) is 11.8 Å². The van der Waals surface area contributed by atoms with Crippen LogP contribution in [-0.2, 0) is 21.9 Å². The summed E-state index contributed by atoms with van der Waals surface area (Å²) in [5.41, 5.74) is 3.38. The van der Waals surface area contributed by atoms with Crippen LogP contribution in [0.25, 0.3) is 0 Å². The normalized spacial score (nSPS) is 11.8. The van der Waals surface area contributed by atoms with Gasteiger partial charge in [-0.25, -0.2) is 0 Å². The number of amides is 2. The van der Waals surface area contributed by atoms with Gasteiger partial charge in [0.1, 0.15) is 11.8 Å². The van der Waals surface area contributed by atoms with Gasteiger partial charge in [0, 0.05) is 18.3 Å². The lowest BCUT2D eigenvalue weighted by molar-refractivity contribution is -0.139. The van der Waals surface area contributed by atoms with Crippen LogP contribution in [0.3, 0.4) is 0 Å². The summed E-state index contributed by atoms with van der Waals surface area (Å²) in [5.74, 6) is 1.72. The van der Waals surface area contributed by atoms with Crippen LogP contribution in [0, 0.1) is 6.92 Å². The Labute approximate surface area is 190 Å². The van der Waals surface area contributed by atoms with Crippen molar-refractivity contribution in [2.75, 3.05) is 12.9 Å². The van der Waals surface area contributed by atoms with E-state index in [4.69, 9.17) is 4.74 Å². The zero-order chi connectivity index (χ0) is 22.8. The van der Waals surface area contributed by atoms with Crippen LogP contribution in [-0.4, -0.2) is 41.7 Å². The maximum absolute atomic E-state index is 13.2. The number of ether oxygens (including phenoxy) is 1. The Morgan fingerprint density at radius 2 is 1.65 bits per heavy atom. The van der Waals surface area contributed by atoms with Gasteiger partial charge in [-0.05, 0) is 50.5 Å². The summed E-state index contributed by atoms with van der Waals surface area (Å²) in [5, 5.41) is 2.96. The summed E-state index contributed by atoms with van der Waals surface area (Å²) < 4.78 is 5.23. The molecular formula is C25H34N2O3S. The number of thioether (sulfide) groups is 1. The first-order chi connectivity index (χ1) is 14.8. The van der Waals surface area contributed by atoms with Crippen LogP contribution in [0.4, 0.5) is 0 Å². The zero-order valence-corrected chi connectivity index (χ0v) is 20.0. The van der Waals surface area contributed by atoms with Gasteiger partial charge in [0.2, 0.25) is 11.8 Å². The van der Waals surface area contributed by atoms with Gasteiger partial charge in [0.15, 0.2) is 0 Å². The first-order valence-electron chi connectivity index (χ1n) is 10.7. The highest BCUT2D eigenvalue weighted by Crippen LogP contribution is 2.19. The van der Waals surface area contributed by atoms with E-state index in [2.05, 4.69) is 36.5 Å². The van der Waals surface area contributed by atoms with Crippen molar-refractivity contribution in [1.82, 2.24) is 10.2 Å². The first-order valence-corrected chi connectivity index (χ1v) is 11.9. The van der Waals surface area contributed by atoms with Crippen molar-refractivity contribution in [3.8, 4) is 5.75 Å². The molecule has 0 fully saturated rings. The Morgan fingerprint density at radius 3 is 2.19 bits per heavy atom. The van der Waals surface area contributed by atoms with E-state index in [0.717, 1.165) is 17.1 Å². The highest BCUT2D eigenvalue weighted by Gasteiger charge is 2.28. The molecule has 5 nitrogen and oxygen atoms in total. The molecule has 0 spiro atoms. The van der Waals surface area contributed by atoms with E-state index in [0.29, 0.717) is 18.7 Å². The summed E-state index contributed by atoms with van der Waals surface area (Å²) in [4.78, 5) is 27.7. The summed E-state index contributed by atoms with van der Waals surface area (Å²) in [6.45, 7) is 8.25. The molecule has 6 heteroatoms. The molecule has 2 aromatic rings. The van der Waals surface area contributed by atoms with Crippen LogP contribution in [0.5, 0.6) is 5.75 Å². The van der Waals surface area contributed by atoms with E-state index >= 15 is 0 Å². The Bertz CT molecular complexity index is 835. The molecule has 0 unspecified atom stereocenters. The summed E-state index contributed by atoms with van der Waals surface area (Å²) in [7, 11) is 1.62. The van der Waals surface area contributed by atoms with E-state index in [1.54, 1.807) is 23.8 Å². The Kier molecular flexibility index (Phi) is 9.92. The van der Waals surface area contributed by atoms with Crippen molar-refractivity contribution in [3.05, 3.63) is 65.2 Å². The van der Waals surface area contributed by atoms with Crippen molar-refractivity contribution >= 4 is 23.6 Å². The minimum Gasteiger partial charge on any atom is -0.497 e. The molecule has 0 bridgehead atoms. The lowest BCUT2D eigenvalue weighted by atomic mass is 10.1. The molecule has 31 heavy (non-hydrogen) atoms. The van der Waals surface area contributed by atoms with Crippen molar-refractivity contribution in [2.24, 2.45) is 0 Å². The molecule has 1 N–H and O–H groups in total. The van der Waals surface area contributed by atoms with Crippen LogP contribution in [0.1, 0.15) is 43.9 Å². The second kappa shape index (κ2) is 12.4. The molecule has 0 aromatic heterocycles. The molecule has 0 radical (unpaired) electrons. The maximum atomic E-state index is 13.2. The smallest absolute Gasteiger partial charge is 0.243 e. The minimum absolute atomic E-state index is 0.0235. The number of hydrogen-bond donors (Lipinski definition) is 1. The number of carbonyl (C=O) groups is 2. The van der Waals surface area contributed by atoms with E-state index < -0.39 is 6.04 Å². The largest absolute Gasteiger partial charge is 0.497 e. The lowest BCUT2D eigenvalue weighted by Gasteiger charge is -2.31. The van der Waals surface area contributed by atoms with Crippen LogP contribution < -0.4 is 10.1 Å². The third kappa shape index (κ3) is 7.94. The molecule has 0 heterocycles. The van der Waals surface area contributed by atoms with Crippen molar-refractivity contribution in [1.29, 1.82) is 0 Å². The standard InChI is InChI=1S/C25H34N2O3S/c1-6-23(25(29)26-18(2)3)27(15-20-11-13-22(30-5)14-12-20)24(28)17-31-16-21-9-7-19(4)8-10-21/h7-14,18,23H,6,15-17H2,1-5H3,(H,26,29)/t23-/m1/s1. The average Bonchev–Trinajstić information content (AvgIpc) is 2.74. The van der Waals surface area contributed by atoms with Gasteiger partial charge in [-0.3, -0.25) is 9.59 Å². The molecule has 2 amide bonds. The van der Waals surface area contributed by atoms with Gasteiger partial charge in [-0.1, -0.05) is 48.9 Å². The number of carbonyl (C=O) groups excluding carboxylic acids is 2. The zero-order valence-electron chi connectivity index (χ0n) is 19.2. The molecule has 0 aliphatic rings. The molecule has 1 atom stereocenters. The van der Waals surface area contributed by atoms with Crippen molar-refractivity contribution in [3.63, 3.8) is 0 Å². The molecule has 168 valence electrons. The highest BCUT2D eigenvalue weighted by molar-refractivity contribution is 7.99. The predicted molar refractivity (Wildman–Crippen MR) is 128 cm³/mol. The molecule has 2 rings (SSSR count). The maximum Gasteiger partial charge on any atom is 0.243 e. The number of aryl methyl sites for hydroxylation is 1. The fourth-order valence-electron chi connectivity index (χ4n) is 3.25. The molecule has 0 aliphatic carbocycles. The quantitative estimate of drug-likeness (QED) is 0.554. The fourth-order valence-corrected chi connectivity index (χ4v) is 4.12. The second-order valence-electron chi connectivity index (χ2n) is 7.94. The average molecular weight is 443 g/mol. The van der Waals surface area contributed by atoms with E-state index in [1.165, 1.54) is 11.1 Å². The van der Waals surface area contributed by atoms with Crippen molar-refractivity contribution < 1.29 is 14.3 Å². The fraction of sp³-hybridized carbons (Fsp3) is 0.440. The van der Waals surface area contributed by atoms with Gasteiger partial charge in [0.05, 0.1) is 12.9 Å². The molecule has 0 saturated carbocycles. The van der Waals surface area contributed by atoms with E-state index in [-0.39, 0.29) is 17.9 Å². The summed E-state index contributed by atoms with van der Waals surface area (Å²) in [6.07, 6.45) is 0.559. The summed E-state index contributed by atoms with van der Waals surface area (Å²) in [6, 6.07) is 15.5. The Balaban J connectivity index is 2.12. The number of benzene rings is 2. The Morgan fingerprint density at radius 1 is 1.03 bits per heavy atom. The van der Waals surface area contributed by atoms with Gasteiger partial charge < -0.3 is 15.0 Å². The van der Waals surface area contributed by atoms with Gasteiger partial charge in [0.25, 0.3) is 0 Å². The van der Waals surface area contributed by atoms with Crippen LogP contribution in [0.15, 0.2) is 48.5 Å². The monoisotopic (exact) mass is 442 g/mol. The number of rotatable bonds is 11. The van der Waals surface area contributed by atoms with Gasteiger partial charge >= 0.3 is 0 Å². The highest BCUT2D eigenvalue weighted by atomic mass is 32.2. The van der Waals surface area contributed by atoms with Crippen LogP contribution >= 0.6 is 11.8 Å². The topological polar surface area (TPSA) is 58.6 Å². The SMILES string of the molecule is CC[C@H](C(=O)NC(C)C)N(Cc1ccc(OC)cc1)C(=O)CSCc1ccc(C)cc1. The third-order valence-electron chi connectivity index (χ3n) is 4.94. The third-order valence-corrected chi connectivity index (χ3v) is 5.93. The molecule has 0 saturated heterocycles.